The van der Waals surface area contributed by atoms with Gasteiger partial charge in [-0.2, -0.15) is 0 Å². The van der Waals surface area contributed by atoms with Gasteiger partial charge in [0.05, 0.1) is 0 Å². The Morgan fingerprint density at radius 2 is 2.06 bits per heavy atom. The van der Waals surface area contributed by atoms with E-state index in [1.165, 1.54) is 0 Å². The fourth-order valence-corrected chi connectivity index (χ4v) is 2.25. The lowest BCUT2D eigenvalue weighted by Gasteiger charge is -2.21. The minimum Gasteiger partial charge on any atom is -0.365 e. The molecule has 1 fully saturated rings. The average molecular weight is 268 g/mol. The number of rotatable bonds is 4. The molecule has 2 rings (SSSR count). The zero-order valence-corrected chi connectivity index (χ0v) is 11.3. The van der Waals surface area contributed by atoms with Crippen LogP contribution in [0.25, 0.3) is 0 Å². The highest BCUT2D eigenvalue weighted by Gasteiger charge is 2.37. The van der Waals surface area contributed by atoms with E-state index in [0.717, 1.165) is 24.0 Å². The Morgan fingerprint density at radius 3 is 2.61 bits per heavy atom. The van der Waals surface area contributed by atoms with Crippen molar-refractivity contribution >= 4 is 17.5 Å². The van der Waals surface area contributed by atoms with Crippen LogP contribution in [0, 0.1) is 0 Å². The van der Waals surface area contributed by atoms with Crippen molar-refractivity contribution in [2.75, 3.05) is 6.61 Å². The summed E-state index contributed by atoms with van der Waals surface area (Å²) in [6.07, 6.45) is 1.75. The molecule has 0 bridgehead atoms. The number of hydrogen-bond acceptors (Lipinski definition) is 2. The van der Waals surface area contributed by atoms with Crippen molar-refractivity contribution in [3.63, 3.8) is 0 Å². The van der Waals surface area contributed by atoms with Gasteiger partial charge in [-0.15, -0.1) is 11.6 Å². The van der Waals surface area contributed by atoms with E-state index in [0.29, 0.717) is 19.0 Å². The number of alkyl halides is 1. The van der Waals surface area contributed by atoms with Crippen molar-refractivity contribution in [1.29, 1.82) is 0 Å². The highest BCUT2D eigenvalue weighted by molar-refractivity contribution is 6.17. The van der Waals surface area contributed by atoms with Crippen LogP contribution in [0.4, 0.5) is 0 Å². The number of benzene rings is 1. The van der Waals surface area contributed by atoms with E-state index in [1.54, 1.807) is 0 Å². The molecule has 0 saturated carbocycles. The van der Waals surface area contributed by atoms with E-state index in [-0.39, 0.29) is 5.91 Å². The molecule has 1 aliphatic rings. The monoisotopic (exact) mass is 267 g/mol. The third kappa shape index (κ3) is 3.03. The molecule has 1 amide bonds. The van der Waals surface area contributed by atoms with Crippen LogP contribution in [0.2, 0.25) is 0 Å². The lowest BCUT2D eigenvalue weighted by molar-refractivity contribution is -0.139. The molecule has 0 aliphatic carbocycles. The zero-order valence-electron chi connectivity index (χ0n) is 10.5. The third-order valence-electron chi connectivity index (χ3n) is 3.33. The number of carbonyl (C=O) groups is 1. The summed E-state index contributed by atoms with van der Waals surface area (Å²) in [4.78, 5) is 12.0. The second-order valence-corrected chi connectivity index (χ2v) is 5.08. The summed E-state index contributed by atoms with van der Waals surface area (Å²) in [5.41, 5.74) is 1.51. The minimum absolute atomic E-state index is 0.0265. The molecule has 0 radical (unpaired) electrons. The Hall–Kier alpha value is -1.06. The Labute approximate surface area is 112 Å². The van der Waals surface area contributed by atoms with Crippen LogP contribution < -0.4 is 5.32 Å². The first-order chi connectivity index (χ1) is 8.64. The van der Waals surface area contributed by atoms with E-state index < -0.39 is 5.60 Å². The molecule has 1 saturated heterocycles. The van der Waals surface area contributed by atoms with Crippen LogP contribution in [0.3, 0.4) is 0 Å². The Kier molecular flexibility index (Phi) is 4.25. The Morgan fingerprint density at radius 1 is 1.39 bits per heavy atom. The van der Waals surface area contributed by atoms with E-state index in [4.69, 9.17) is 16.3 Å². The van der Waals surface area contributed by atoms with Gasteiger partial charge in [0.25, 0.3) is 5.91 Å². The van der Waals surface area contributed by atoms with Crippen molar-refractivity contribution < 1.29 is 9.53 Å². The van der Waals surface area contributed by atoms with E-state index >= 15 is 0 Å². The quantitative estimate of drug-likeness (QED) is 0.852. The highest BCUT2D eigenvalue weighted by atomic mass is 35.5. The predicted octanol–water partition coefficient (Wildman–Crippen LogP) is 2.61. The molecular formula is C14H18ClNO2. The number of ether oxygens (including phenoxy) is 1. The molecule has 4 heteroatoms. The van der Waals surface area contributed by atoms with Crippen molar-refractivity contribution in [1.82, 2.24) is 5.32 Å². The summed E-state index contributed by atoms with van der Waals surface area (Å²) < 4.78 is 5.50. The Bertz CT molecular complexity index is 410. The molecule has 1 heterocycles. The zero-order chi connectivity index (χ0) is 13.0. The van der Waals surface area contributed by atoms with Gasteiger partial charge in [0.1, 0.15) is 5.60 Å². The molecule has 1 aliphatic heterocycles. The smallest absolute Gasteiger partial charge is 0.252 e. The number of carbonyl (C=O) groups excluding carboxylic acids is 1. The molecule has 3 nitrogen and oxygen atoms in total. The summed E-state index contributed by atoms with van der Waals surface area (Å²) in [5.74, 6) is 0.486. The number of amides is 1. The first kappa shape index (κ1) is 13.4. The SMILES string of the molecule is CC1(C(=O)NCc2ccc(CCl)cc2)CCCO1. The molecule has 1 aromatic rings. The molecule has 18 heavy (non-hydrogen) atoms. The second-order valence-electron chi connectivity index (χ2n) is 4.82. The fourth-order valence-electron chi connectivity index (χ4n) is 2.07. The highest BCUT2D eigenvalue weighted by Crippen LogP contribution is 2.25. The van der Waals surface area contributed by atoms with Crippen LogP contribution >= 0.6 is 11.6 Å². The largest absolute Gasteiger partial charge is 0.365 e. The van der Waals surface area contributed by atoms with Crippen LogP contribution in [0.5, 0.6) is 0 Å². The summed E-state index contributed by atoms with van der Waals surface area (Å²) in [6, 6.07) is 7.91. The predicted molar refractivity (Wildman–Crippen MR) is 71.4 cm³/mol. The minimum atomic E-state index is -0.643. The van der Waals surface area contributed by atoms with E-state index in [1.807, 2.05) is 31.2 Å². The van der Waals surface area contributed by atoms with Crippen LogP contribution in [-0.2, 0) is 22.0 Å². The molecular weight excluding hydrogens is 250 g/mol. The van der Waals surface area contributed by atoms with Crippen LogP contribution in [0.15, 0.2) is 24.3 Å². The van der Waals surface area contributed by atoms with E-state index in [9.17, 15) is 4.79 Å². The maximum absolute atomic E-state index is 12.0. The van der Waals surface area contributed by atoms with Gasteiger partial charge < -0.3 is 10.1 Å². The standard InChI is InChI=1S/C14H18ClNO2/c1-14(7-2-8-18-14)13(17)16-10-12-5-3-11(9-15)4-6-12/h3-6H,2,7-10H2,1H3,(H,16,17). The van der Waals surface area contributed by atoms with Crippen LogP contribution in [0.1, 0.15) is 30.9 Å². The van der Waals surface area contributed by atoms with E-state index in [2.05, 4.69) is 5.32 Å². The Balaban J connectivity index is 1.88. The molecule has 1 unspecified atom stereocenters. The molecule has 98 valence electrons. The second kappa shape index (κ2) is 5.72. The normalized spacial score (nSPS) is 23.0. The van der Waals surface area contributed by atoms with Gasteiger partial charge >= 0.3 is 0 Å². The third-order valence-corrected chi connectivity index (χ3v) is 3.64. The summed E-state index contributed by atoms with van der Waals surface area (Å²) >= 11 is 5.72. The topological polar surface area (TPSA) is 38.3 Å². The number of halogens is 1. The van der Waals surface area contributed by atoms with Crippen molar-refractivity contribution in [2.24, 2.45) is 0 Å². The van der Waals surface area contributed by atoms with Gasteiger partial charge in [-0.05, 0) is 30.9 Å². The van der Waals surface area contributed by atoms with Gasteiger partial charge in [0.2, 0.25) is 0 Å². The van der Waals surface area contributed by atoms with Crippen LogP contribution in [-0.4, -0.2) is 18.1 Å². The molecule has 1 atom stereocenters. The van der Waals surface area contributed by atoms with Crippen molar-refractivity contribution in [3.05, 3.63) is 35.4 Å². The fraction of sp³-hybridized carbons (Fsp3) is 0.500. The van der Waals surface area contributed by atoms with Gasteiger partial charge in [0, 0.05) is 19.0 Å². The van der Waals surface area contributed by atoms with Crippen molar-refractivity contribution in [2.45, 2.75) is 37.8 Å². The summed E-state index contributed by atoms with van der Waals surface area (Å²) in [6.45, 7) is 3.06. The first-order valence-corrected chi connectivity index (χ1v) is 6.73. The van der Waals surface area contributed by atoms with Gasteiger partial charge in [-0.1, -0.05) is 24.3 Å². The lowest BCUT2D eigenvalue weighted by atomic mass is 10.0. The molecule has 1 aromatic carbocycles. The summed E-state index contributed by atoms with van der Waals surface area (Å²) in [7, 11) is 0. The molecule has 0 spiro atoms. The van der Waals surface area contributed by atoms with Gasteiger partial charge in [0.15, 0.2) is 0 Å². The maximum Gasteiger partial charge on any atom is 0.252 e. The maximum atomic E-state index is 12.0. The number of hydrogen-bond donors (Lipinski definition) is 1. The summed E-state index contributed by atoms with van der Waals surface area (Å²) in [5, 5.41) is 2.92. The van der Waals surface area contributed by atoms with Gasteiger partial charge in [-0.3, -0.25) is 4.79 Å². The molecule has 1 N–H and O–H groups in total. The van der Waals surface area contributed by atoms with Gasteiger partial charge in [-0.25, -0.2) is 0 Å². The van der Waals surface area contributed by atoms with Crippen molar-refractivity contribution in [3.8, 4) is 0 Å². The first-order valence-electron chi connectivity index (χ1n) is 6.20. The lowest BCUT2D eigenvalue weighted by Crippen LogP contribution is -2.43. The average Bonchev–Trinajstić information content (AvgIpc) is 2.85. The number of nitrogens with one attached hydrogen (secondary N) is 1. The molecule has 0 aromatic heterocycles.